The number of esters is 1. The summed E-state index contributed by atoms with van der Waals surface area (Å²) in [7, 11) is 0. The van der Waals surface area contributed by atoms with Crippen molar-refractivity contribution in [2.24, 2.45) is 0 Å². The molecule has 0 amide bonds. The van der Waals surface area contributed by atoms with Gasteiger partial charge in [-0.05, 0) is 24.1 Å². The van der Waals surface area contributed by atoms with Crippen molar-refractivity contribution in [3.8, 4) is 11.5 Å². The van der Waals surface area contributed by atoms with Gasteiger partial charge in [-0.2, -0.15) is 0 Å². The third-order valence-electron chi connectivity index (χ3n) is 3.43. The van der Waals surface area contributed by atoms with E-state index in [0.29, 0.717) is 11.6 Å². The second kappa shape index (κ2) is 6.52. The average Bonchev–Trinajstić information content (AvgIpc) is 3.23. The number of ether oxygens (including phenoxy) is 1. The number of hydrogen-bond donors (Lipinski definition) is 0. The molecule has 0 saturated heterocycles. The molecule has 0 bridgehead atoms. The van der Waals surface area contributed by atoms with Gasteiger partial charge in [-0.3, -0.25) is 0 Å². The number of carbonyl (C=O) groups excluding carboxylic acids is 1. The Balaban J connectivity index is 1.66. The van der Waals surface area contributed by atoms with Crippen molar-refractivity contribution in [3.63, 3.8) is 0 Å². The van der Waals surface area contributed by atoms with Gasteiger partial charge in [0.25, 0.3) is 0 Å². The largest absolute Gasteiger partial charge is 0.457 e. The van der Waals surface area contributed by atoms with Crippen LogP contribution in [0.2, 0.25) is 0 Å². The van der Waals surface area contributed by atoms with Crippen LogP contribution in [0.25, 0.3) is 11.5 Å². The van der Waals surface area contributed by atoms with E-state index in [4.69, 9.17) is 13.6 Å². The maximum Gasteiger partial charge on any atom is 0.374 e. The van der Waals surface area contributed by atoms with Gasteiger partial charge in [0.1, 0.15) is 18.6 Å². The molecule has 2 aromatic heterocycles. The Bertz CT molecular complexity index is 786. The summed E-state index contributed by atoms with van der Waals surface area (Å²) < 4.78 is 15.9. The zero-order chi connectivity index (χ0) is 16.2. The first-order chi connectivity index (χ1) is 11.1. The first-order valence-corrected chi connectivity index (χ1v) is 7.39. The van der Waals surface area contributed by atoms with Crippen LogP contribution in [0, 0.1) is 0 Å². The predicted octanol–water partition coefficient (Wildman–Crippen LogP) is 4.42. The average molecular weight is 311 g/mol. The van der Waals surface area contributed by atoms with Crippen LogP contribution in [0.1, 0.15) is 41.6 Å². The van der Waals surface area contributed by atoms with E-state index in [1.54, 1.807) is 6.07 Å². The normalized spacial score (nSPS) is 10.9. The second-order valence-electron chi connectivity index (χ2n) is 5.45. The highest BCUT2D eigenvalue weighted by atomic mass is 16.5. The van der Waals surface area contributed by atoms with E-state index in [2.05, 4.69) is 4.98 Å². The number of nitrogens with zero attached hydrogens (tertiary/aromatic N) is 1. The molecule has 0 fully saturated rings. The number of carbonyl (C=O) groups is 1. The lowest BCUT2D eigenvalue weighted by molar-refractivity contribution is 0.0429. The highest BCUT2D eigenvalue weighted by Crippen LogP contribution is 2.22. The van der Waals surface area contributed by atoms with Gasteiger partial charge in [-0.15, -0.1) is 0 Å². The summed E-state index contributed by atoms with van der Waals surface area (Å²) in [5.74, 6) is 0.431. The summed E-state index contributed by atoms with van der Waals surface area (Å²) >= 11 is 0. The number of hydrogen-bond acceptors (Lipinski definition) is 5. The molecule has 5 heteroatoms. The zero-order valence-corrected chi connectivity index (χ0v) is 13.0. The van der Waals surface area contributed by atoms with Crippen LogP contribution in [0.15, 0.2) is 57.8 Å². The quantitative estimate of drug-likeness (QED) is 0.653. The van der Waals surface area contributed by atoms with E-state index in [9.17, 15) is 4.79 Å². The molecule has 0 N–H and O–H groups in total. The fourth-order valence-electron chi connectivity index (χ4n) is 2.23. The highest BCUT2D eigenvalue weighted by Gasteiger charge is 2.19. The van der Waals surface area contributed by atoms with E-state index in [-0.39, 0.29) is 18.3 Å². The molecule has 3 aromatic rings. The van der Waals surface area contributed by atoms with Crippen LogP contribution in [-0.2, 0) is 11.3 Å². The Morgan fingerprint density at radius 1 is 1.17 bits per heavy atom. The lowest BCUT2D eigenvalue weighted by Gasteiger charge is -2.05. The van der Waals surface area contributed by atoms with Crippen molar-refractivity contribution in [2.75, 3.05) is 0 Å². The van der Waals surface area contributed by atoms with Crippen molar-refractivity contribution < 1.29 is 18.4 Å². The minimum absolute atomic E-state index is 0.0351. The maximum atomic E-state index is 12.1. The Morgan fingerprint density at radius 2 is 1.96 bits per heavy atom. The summed E-state index contributed by atoms with van der Waals surface area (Å²) in [5, 5.41) is 0. The first-order valence-electron chi connectivity index (χ1n) is 7.39. The van der Waals surface area contributed by atoms with E-state index < -0.39 is 5.97 Å². The molecule has 0 aliphatic rings. The molecule has 5 nitrogen and oxygen atoms in total. The van der Waals surface area contributed by atoms with Crippen molar-refractivity contribution in [2.45, 2.75) is 26.4 Å². The summed E-state index contributed by atoms with van der Waals surface area (Å²) in [6.07, 6.45) is 2.98. The molecule has 0 atom stereocenters. The highest BCUT2D eigenvalue weighted by molar-refractivity contribution is 5.88. The minimum atomic E-state index is -0.497. The number of benzene rings is 1. The molecule has 23 heavy (non-hydrogen) atoms. The maximum absolute atomic E-state index is 12.1. The Morgan fingerprint density at radius 3 is 2.70 bits per heavy atom. The molecule has 0 unspecified atom stereocenters. The van der Waals surface area contributed by atoms with Crippen molar-refractivity contribution in [1.29, 1.82) is 0 Å². The Labute approximate surface area is 133 Å². The molecular weight excluding hydrogens is 294 g/mol. The molecule has 0 radical (unpaired) electrons. The van der Waals surface area contributed by atoms with Gasteiger partial charge in [-0.1, -0.05) is 32.0 Å². The van der Waals surface area contributed by atoms with Gasteiger partial charge in [0, 0.05) is 11.1 Å². The third kappa shape index (κ3) is 3.34. The smallest absolute Gasteiger partial charge is 0.374 e. The number of furan rings is 1. The van der Waals surface area contributed by atoms with Crippen molar-refractivity contribution in [3.05, 3.63) is 65.9 Å². The molecular formula is C18H17NO4. The van der Waals surface area contributed by atoms with Crippen LogP contribution >= 0.6 is 0 Å². The molecule has 1 aromatic carbocycles. The van der Waals surface area contributed by atoms with Crippen LogP contribution in [0.4, 0.5) is 0 Å². The van der Waals surface area contributed by atoms with Gasteiger partial charge in [0.05, 0.1) is 6.26 Å². The Hall–Kier alpha value is -2.82. The van der Waals surface area contributed by atoms with E-state index in [1.807, 2.05) is 44.2 Å². The molecule has 3 rings (SSSR count). The molecule has 0 aliphatic carbocycles. The lowest BCUT2D eigenvalue weighted by atomic mass is 10.0. The van der Waals surface area contributed by atoms with Crippen LogP contribution < -0.4 is 0 Å². The molecule has 0 saturated carbocycles. The molecule has 0 spiro atoms. The first kappa shape index (κ1) is 15.1. The minimum Gasteiger partial charge on any atom is -0.457 e. The van der Waals surface area contributed by atoms with Crippen LogP contribution in [0.3, 0.4) is 0 Å². The second-order valence-corrected chi connectivity index (χ2v) is 5.45. The Kier molecular flexibility index (Phi) is 4.28. The van der Waals surface area contributed by atoms with Gasteiger partial charge >= 0.3 is 5.97 Å². The van der Waals surface area contributed by atoms with Crippen molar-refractivity contribution in [1.82, 2.24) is 4.98 Å². The monoisotopic (exact) mass is 311 g/mol. The number of oxazole rings is 1. The number of aromatic nitrogens is 1. The third-order valence-corrected chi connectivity index (χ3v) is 3.43. The van der Waals surface area contributed by atoms with E-state index in [1.165, 1.54) is 12.5 Å². The molecule has 2 heterocycles. The standard InChI is InChI=1S/C18H17NO4/c1-12(2)15-8-9-21-16(15)18(20)23-11-14-10-22-17(19-14)13-6-4-3-5-7-13/h3-10,12H,11H2,1-2H3. The SMILES string of the molecule is CC(C)c1ccoc1C(=O)OCc1coc(-c2ccccc2)n1. The van der Waals surface area contributed by atoms with Crippen LogP contribution in [-0.4, -0.2) is 11.0 Å². The van der Waals surface area contributed by atoms with Gasteiger partial charge in [0.2, 0.25) is 11.7 Å². The zero-order valence-electron chi connectivity index (χ0n) is 13.0. The number of rotatable bonds is 5. The van der Waals surface area contributed by atoms with E-state index >= 15 is 0 Å². The fourth-order valence-corrected chi connectivity index (χ4v) is 2.23. The lowest BCUT2D eigenvalue weighted by Crippen LogP contribution is -2.07. The molecule has 0 aliphatic heterocycles. The summed E-state index contributed by atoms with van der Waals surface area (Å²) in [4.78, 5) is 16.4. The van der Waals surface area contributed by atoms with Gasteiger partial charge in [-0.25, -0.2) is 9.78 Å². The van der Waals surface area contributed by atoms with Crippen molar-refractivity contribution >= 4 is 5.97 Å². The topological polar surface area (TPSA) is 65.5 Å². The van der Waals surface area contributed by atoms with E-state index in [0.717, 1.165) is 11.1 Å². The fraction of sp³-hybridized carbons (Fsp3) is 0.222. The summed E-state index contributed by atoms with van der Waals surface area (Å²) in [5.41, 5.74) is 2.26. The van der Waals surface area contributed by atoms with Crippen LogP contribution in [0.5, 0.6) is 0 Å². The predicted molar refractivity (Wildman–Crippen MR) is 83.9 cm³/mol. The summed E-state index contributed by atoms with van der Waals surface area (Å²) in [6.45, 7) is 4.02. The summed E-state index contributed by atoms with van der Waals surface area (Å²) in [6, 6.07) is 11.3. The molecule has 118 valence electrons. The van der Waals surface area contributed by atoms with Gasteiger partial charge in [0.15, 0.2) is 0 Å². The van der Waals surface area contributed by atoms with Gasteiger partial charge < -0.3 is 13.6 Å².